The maximum Gasteiger partial charge on any atom is 0.0681 e. The van der Waals surface area contributed by atoms with E-state index in [2.05, 4.69) is 0 Å². The third-order valence-corrected chi connectivity index (χ3v) is 0.931. The first-order chi connectivity index (χ1) is 3.31. The monoisotopic (exact) mass is 120 g/mol. The Bertz CT molecular complexity index is 68.5. The average molecular weight is 121 g/mol. The Kier molecular flexibility index (Phi) is 4.15. The molecule has 0 fully saturated rings. The molecule has 0 radical (unpaired) electrons. The highest BCUT2D eigenvalue weighted by atomic mass is 35.5. The van der Waals surface area contributed by atoms with Gasteiger partial charge in [0.05, 0.1) is 6.61 Å². The molecule has 0 N–H and O–H groups in total. The molecule has 0 spiro atoms. The van der Waals surface area contributed by atoms with Crippen molar-refractivity contribution in [2.75, 3.05) is 13.7 Å². The molecule has 0 aromatic carbocycles. The Morgan fingerprint density at radius 1 is 1.86 bits per heavy atom. The van der Waals surface area contributed by atoms with Gasteiger partial charge in [-0.05, 0) is 12.5 Å². The lowest BCUT2D eigenvalue weighted by atomic mass is 10.4. The molecular formula is C5H9ClO. The molecular weight excluding hydrogens is 112 g/mol. The Morgan fingerprint density at radius 3 is 2.57 bits per heavy atom. The molecule has 2 heteroatoms. The highest BCUT2D eigenvalue weighted by molar-refractivity contribution is 6.25. The van der Waals surface area contributed by atoms with Gasteiger partial charge in [-0.15, -0.1) is 0 Å². The molecule has 0 bridgehead atoms. The fourth-order valence-corrected chi connectivity index (χ4v) is 0.322. The molecule has 0 aliphatic heterocycles. The molecule has 0 unspecified atom stereocenters. The second-order valence-electron chi connectivity index (χ2n) is 1.39. The zero-order valence-corrected chi connectivity index (χ0v) is 5.33. The summed E-state index contributed by atoms with van der Waals surface area (Å²) in [7, 11) is 1.64. The third kappa shape index (κ3) is 3.83. The lowest BCUT2D eigenvalue weighted by molar-refractivity contribution is 0.226. The molecule has 0 aliphatic rings. The van der Waals surface area contributed by atoms with E-state index in [0.717, 1.165) is 5.57 Å². The van der Waals surface area contributed by atoms with E-state index in [0.29, 0.717) is 6.61 Å². The van der Waals surface area contributed by atoms with Gasteiger partial charge in [-0.1, -0.05) is 11.6 Å². The number of ether oxygens (including phenoxy) is 1. The van der Waals surface area contributed by atoms with E-state index in [-0.39, 0.29) is 0 Å². The van der Waals surface area contributed by atoms with Crippen LogP contribution < -0.4 is 0 Å². The van der Waals surface area contributed by atoms with Crippen LogP contribution in [-0.2, 0) is 4.74 Å². The second-order valence-corrected chi connectivity index (χ2v) is 1.61. The van der Waals surface area contributed by atoms with Gasteiger partial charge in [0.25, 0.3) is 0 Å². The molecule has 0 atom stereocenters. The van der Waals surface area contributed by atoms with Gasteiger partial charge in [0.2, 0.25) is 0 Å². The summed E-state index contributed by atoms with van der Waals surface area (Å²) in [6, 6.07) is 0. The minimum Gasteiger partial charge on any atom is -0.380 e. The van der Waals surface area contributed by atoms with Gasteiger partial charge in [-0.2, -0.15) is 0 Å². The molecule has 0 amide bonds. The highest BCUT2D eigenvalue weighted by Gasteiger charge is 1.80. The normalized spacial score (nSPS) is 12.1. The molecule has 7 heavy (non-hydrogen) atoms. The molecule has 0 aromatic heterocycles. The van der Waals surface area contributed by atoms with E-state index >= 15 is 0 Å². The van der Waals surface area contributed by atoms with Crippen molar-refractivity contribution in [1.29, 1.82) is 0 Å². The summed E-state index contributed by atoms with van der Waals surface area (Å²) in [5, 5.41) is 0. The van der Waals surface area contributed by atoms with Gasteiger partial charge in [0.1, 0.15) is 0 Å². The second kappa shape index (κ2) is 4.16. The van der Waals surface area contributed by atoms with Crippen LogP contribution in [0.4, 0.5) is 0 Å². The van der Waals surface area contributed by atoms with Gasteiger partial charge in [-0.3, -0.25) is 0 Å². The van der Waals surface area contributed by atoms with Crippen LogP contribution in [0.3, 0.4) is 0 Å². The van der Waals surface area contributed by atoms with Gasteiger partial charge < -0.3 is 4.74 Å². The van der Waals surface area contributed by atoms with Crippen LogP contribution in [0.25, 0.3) is 0 Å². The van der Waals surface area contributed by atoms with Crippen molar-refractivity contribution in [3.8, 4) is 0 Å². The first-order valence-corrected chi connectivity index (χ1v) is 2.49. The summed E-state index contributed by atoms with van der Waals surface area (Å²) in [4.78, 5) is 0. The van der Waals surface area contributed by atoms with Crippen LogP contribution in [0.1, 0.15) is 6.92 Å². The SMILES string of the molecule is COC/C(C)=C\Cl. The smallest absolute Gasteiger partial charge is 0.0681 e. The summed E-state index contributed by atoms with van der Waals surface area (Å²) in [5.74, 6) is 0. The predicted octanol–water partition coefficient (Wildman–Crippen LogP) is 1.78. The maximum absolute atomic E-state index is 5.29. The topological polar surface area (TPSA) is 9.23 Å². The van der Waals surface area contributed by atoms with Gasteiger partial charge in [0, 0.05) is 12.6 Å². The third-order valence-electron chi connectivity index (χ3n) is 0.558. The fraction of sp³-hybridized carbons (Fsp3) is 0.600. The Hall–Kier alpha value is -0.0100. The quantitative estimate of drug-likeness (QED) is 0.540. The van der Waals surface area contributed by atoms with E-state index in [1.807, 2.05) is 6.92 Å². The molecule has 42 valence electrons. The first-order valence-electron chi connectivity index (χ1n) is 2.06. The highest BCUT2D eigenvalue weighted by Crippen LogP contribution is 1.93. The van der Waals surface area contributed by atoms with E-state index < -0.39 is 0 Å². The van der Waals surface area contributed by atoms with Crippen molar-refractivity contribution in [2.24, 2.45) is 0 Å². The molecule has 0 rings (SSSR count). The maximum atomic E-state index is 5.29. The number of hydrogen-bond donors (Lipinski definition) is 0. The zero-order valence-electron chi connectivity index (χ0n) is 4.57. The lowest BCUT2D eigenvalue weighted by Crippen LogP contribution is -1.86. The van der Waals surface area contributed by atoms with Gasteiger partial charge in [-0.25, -0.2) is 0 Å². The fourth-order valence-electron chi connectivity index (χ4n) is 0.259. The van der Waals surface area contributed by atoms with Crippen LogP contribution in [0.5, 0.6) is 0 Å². The number of halogens is 1. The summed E-state index contributed by atoms with van der Waals surface area (Å²) < 4.78 is 4.74. The van der Waals surface area contributed by atoms with Crippen molar-refractivity contribution >= 4 is 11.6 Å². The molecule has 0 saturated carbocycles. The van der Waals surface area contributed by atoms with E-state index in [1.165, 1.54) is 5.54 Å². The van der Waals surface area contributed by atoms with Gasteiger partial charge >= 0.3 is 0 Å². The molecule has 0 aromatic rings. The lowest BCUT2D eigenvalue weighted by Gasteiger charge is -1.92. The summed E-state index contributed by atoms with van der Waals surface area (Å²) in [6.45, 7) is 2.54. The van der Waals surface area contributed by atoms with Crippen molar-refractivity contribution in [3.05, 3.63) is 11.1 Å². The average Bonchev–Trinajstić information content (AvgIpc) is 1.68. The molecule has 0 aliphatic carbocycles. The molecule has 1 nitrogen and oxygen atoms in total. The van der Waals surface area contributed by atoms with Gasteiger partial charge in [0.15, 0.2) is 0 Å². The van der Waals surface area contributed by atoms with E-state index in [9.17, 15) is 0 Å². The van der Waals surface area contributed by atoms with Crippen molar-refractivity contribution in [3.63, 3.8) is 0 Å². The summed E-state index contributed by atoms with van der Waals surface area (Å²) >= 11 is 5.29. The standard InChI is InChI=1S/C5H9ClO/c1-5(3-6)4-7-2/h3H,4H2,1-2H3/b5-3-. The first kappa shape index (κ1) is 6.99. The van der Waals surface area contributed by atoms with Crippen LogP contribution in [-0.4, -0.2) is 13.7 Å². The number of hydrogen-bond acceptors (Lipinski definition) is 1. The molecule has 0 saturated heterocycles. The minimum atomic E-state index is 0.628. The summed E-state index contributed by atoms with van der Waals surface area (Å²) in [6.07, 6.45) is 0. The van der Waals surface area contributed by atoms with Crippen LogP contribution in [0, 0.1) is 0 Å². The van der Waals surface area contributed by atoms with E-state index in [1.54, 1.807) is 7.11 Å². The molecule has 0 heterocycles. The van der Waals surface area contributed by atoms with E-state index in [4.69, 9.17) is 16.3 Å². The Balaban J connectivity index is 3.17. The minimum absolute atomic E-state index is 0.628. The van der Waals surface area contributed by atoms with Crippen LogP contribution in [0.15, 0.2) is 11.1 Å². The van der Waals surface area contributed by atoms with Crippen LogP contribution in [0.2, 0.25) is 0 Å². The number of rotatable bonds is 2. The van der Waals surface area contributed by atoms with Crippen molar-refractivity contribution in [1.82, 2.24) is 0 Å². The Labute approximate surface area is 48.9 Å². The number of methoxy groups -OCH3 is 1. The zero-order chi connectivity index (χ0) is 5.70. The Morgan fingerprint density at radius 2 is 2.43 bits per heavy atom. The predicted molar refractivity (Wildman–Crippen MR) is 31.5 cm³/mol. The van der Waals surface area contributed by atoms with Crippen LogP contribution >= 0.6 is 11.6 Å². The van der Waals surface area contributed by atoms with Crippen molar-refractivity contribution in [2.45, 2.75) is 6.92 Å². The largest absolute Gasteiger partial charge is 0.380 e. The summed E-state index contributed by atoms with van der Waals surface area (Å²) in [5.41, 5.74) is 2.56. The van der Waals surface area contributed by atoms with Crippen molar-refractivity contribution < 1.29 is 4.74 Å².